The van der Waals surface area contributed by atoms with E-state index in [1.807, 2.05) is 0 Å². The summed E-state index contributed by atoms with van der Waals surface area (Å²) < 4.78 is 9.95. The molecule has 0 saturated carbocycles. The smallest absolute Gasteiger partial charge is 0.338 e. The molecule has 1 aromatic carbocycles. The number of benzene rings is 1. The van der Waals surface area contributed by atoms with Crippen LogP contribution in [-0.4, -0.2) is 50.2 Å². The van der Waals surface area contributed by atoms with Crippen molar-refractivity contribution in [2.75, 3.05) is 32.7 Å². The molecule has 8 nitrogen and oxygen atoms in total. The van der Waals surface area contributed by atoms with Gasteiger partial charge in [-0.05, 0) is 31.5 Å². The van der Waals surface area contributed by atoms with Crippen molar-refractivity contribution in [1.29, 1.82) is 0 Å². The van der Waals surface area contributed by atoms with Crippen LogP contribution in [-0.2, 0) is 19.1 Å². The highest BCUT2D eigenvalue weighted by atomic mass is 16.5. The number of esters is 1. The second-order valence-corrected chi connectivity index (χ2v) is 5.77. The Morgan fingerprint density at radius 2 is 2.08 bits per heavy atom. The molecule has 3 amide bonds. The van der Waals surface area contributed by atoms with Gasteiger partial charge in [0.05, 0.1) is 18.2 Å². The van der Waals surface area contributed by atoms with Crippen molar-refractivity contribution >= 4 is 23.6 Å². The molecule has 0 spiro atoms. The van der Waals surface area contributed by atoms with Crippen LogP contribution in [0.4, 0.5) is 10.5 Å². The average molecular weight is 361 g/mol. The molecular formula is C18H23N3O5. The number of carbonyl (C=O) groups excluding carboxylic acids is 3. The van der Waals surface area contributed by atoms with E-state index in [0.717, 1.165) is 0 Å². The van der Waals surface area contributed by atoms with Crippen molar-refractivity contribution in [2.45, 2.75) is 19.9 Å². The molecule has 0 saturated heterocycles. The zero-order valence-corrected chi connectivity index (χ0v) is 15.3. The van der Waals surface area contributed by atoms with E-state index in [2.05, 4.69) is 10.6 Å². The van der Waals surface area contributed by atoms with Crippen LogP contribution >= 0.6 is 0 Å². The Morgan fingerprint density at radius 3 is 2.73 bits per heavy atom. The number of carbonyl (C=O) groups is 3. The molecule has 2 N–H and O–H groups in total. The fourth-order valence-corrected chi connectivity index (χ4v) is 2.68. The van der Waals surface area contributed by atoms with Crippen molar-refractivity contribution in [1.82, 2.24) is 10.2 Å². The summed E-state index contributed by atoms with van der Waals surface area (Å²) in [4.78, 5) is 37.7. The number of rotatable bonds is 6. The number of anilines is 1. The van der Waals surface area contributed by atoms with Gasteiger partial charge in [0.15, 0.2) is 0 Å². The highest BCUT2D eigenvalue weighted by Crippen LogP contribution is 2.31. The number of hydrogen-bond donors (Lipinski definition) is 2. The maximum Gasteiger partial charge on any atom is 0.338 e. The summed E-state index contributed by atoms with van der Waals surface area (Å²) in [7, 11) is 3.02. The van der Waals surface area contributed by atoms with Crippen molar-refractivity contribution in [3.63, 3.8) is 0 Å². The quantitative estimate of drug-likeness (QED) is 0.753. The Hall–Kier alpha value is -2.87. The van der Waals surface area contributed by atoms with E-state index in [-0.39, 0.29) is 25.2 Å². The van der Waals surface area contributed by atoms with Crippen LogP contribution in [0.2, 0.25) is 0 Å². The lowest BCUT2D eigenvalue weighted by atomic mass is 9.94. The van der Waals surface area contributed by atoms with Gasteiger partial charge in [-0.2, -0.15) is 0 Å². The molecule has 1 aliphatic rings. The minimum Gasteiger partial charge on any atom is -0.463 e. The van der Waals surface area contributed by atoms with Gasteiger partial charge in [-0.25, -0.2) is 9.59 Å². The first-order valence-corrected chi connectivity index (χ1v) is 8.19. The molecule has 0 aromatic heterocycles. The van der Waals surface area contributed by atoms with Gasteiger partial charge in [-0.1, -0.05) is 12.1 Å². The highest BCUT2D eigenvalue weighted by molar-refractivity contribution is 5.95. The summed E-state index contributed by atoms with van der Waals surface area (Å²) in [6.07, 6.45) is 0. The predicted octanol–water partition coefficient (Wildman–Crippen LogP) is 1.80. The van der Waals surface area contributed by atoms with Crippen molar-refractivity contribution in [3.05, 3.63) is 41.1 Å². The van der Waals surface area contributed by atoms with Crippen LogP contribution in [0.3, 0.4) is 0 Å². The first-order chi connectivity index (χ1) is 12.4. The number of amides is 3. The van der Waals surface area contributed by atoms with Gasteiger partial charge in [0.2, 0.25) is 5.91 Å². The molecule has 1 aliphatic heterocycles. The number of hydrogen-bond acceptors (Lipinski definition) is 5. The van der Waals surface area contributed by atoms with Crippen LogP contribution in [0.25, 0.3) is 0 Å². The Labute approximate surface area is 152 Å². The van der Waals surface area contributed by atoms with Gasteiger partial charge in [-0.3, -0.25) is 4.79 Å². The minimum absolute atomic E-state index is 0.0672. The van der Waals surface area contributed by atoms with Crippen LogP contribution in [0, 0.1) is 0 Å². The number of allylic oxidation sites excluding steroid dienone is 1. The molecule has 0 fully saturated rings. The van der Waals surface area contributed by atoms with Gasteiger partial charge in [0, 0.05) is 25.5 Å². The maximum atomic E-state index is 12.4. The number of nitrogens with one attached hydrogen (secondary N) is 2. The molecule has 26 heavy (non-hydrogen) atoms. The Morgan fingerprint density at radius 1 is 1.35 bits per heavy atom. The van der Waals surface area contributed by atoms with Crippen molar-refractivity contribution in [3.8, 4) is 0 Å². The van der Waals surface area contributed by atoms with E-state index in [9.17, 15) is 14.4 Å². The molecule has 1 atom stereocenters. The molecule has 1 heterocycles. The standard InChI is InChI=1S/C18H23N3O5/c1-5-26-17(23)15-11(2)21(3)18(24)20-16(15)12-7-6-8-13(9-12)19-14(22)10-25-4/h6-9,16H,5,10H2,1-4H3,(H,19,22)(H,20,24). The molecule has 0 radical (unpaired) electrons. The van der Waals surface area contributed by atoms with Crippen LogP contribution in [0.1, 0.15) is 25.5 Å². The zero-order chi connectivity index (χ0) is 19.3. The fraction of sp³-hybridized carbons (Fsp3) is 0.389. The molecule has 1 aromatic rings. The molecular weight excluding hydrogens is 338 g/mol. The minimum atomic E-state index is -0.669. The second kappa shape index (κ2) is 8.48. The molecule has 0 bridgehead atoms. The van der Waals surface area contributed by atoms with Crippen LogP contribution in [0.5, 0.6) is 0 Å². The Bertz CT molecular complexity index is 744. The van der Waals surface area contributed by atoms with E-state index < -0.39 is 12.0 Å². The van der Waals surface area contributed by atoms with E-state index in [1.165, 1.54) is 12.0 Å². The first-order valence-electron chi connectivity index (χ1n) is 8.19. The molecule has 140 valence electrons. The number of methoxy groups -OCH3 is 1. The third-order valence-corrected chi connectivity index (χ3v) is 4.03. The Kier molecular flexibility index (Phi) is 6.35. The van der Waals surface area contributed by atoms with Gasteiger partial charge in [-0.15, -0.1) is 0 Å². The third-order valence-electron chi connectivity index (χ3n) is 4.03. The highest BCUT2D eigenvalue weighted by Gasteiger charge is 2.35. The summed E-state index contributed by atoms with van der Waals surface area (Å²) >= 11 is 0. The predicted molar refractivity (Wildman–Crippen MR) is 95.3 cm³/mol. The molecule has 2 rings (SSSR count). The van der Waals surface area contributed by atoms with E-state index in [0.29, 0.717) is 22.5 Å². The first kappa shape index (κ1) is 19.5. The summed E-state index contributed by atoms with van der Waals surface area (Å²) in [6.45, 7) is 3.58. The molecule has 1 unspecified atom stereocenters. The topological polar surface area (TPSA) is 97.0 Å². The van der Waals surface area contributed by atoms with Gasteiger partial charge in [0.1, 0.15) is 6.61 Å². The fourth-order valence-electron chi connectivity index (χ4n) is 2.68. The van der Waals surface area contributed by atoms with Gasteiger partial charge >= 0.3 is 12.0 Å². The SMILES string of the molecule is CCOC(=O)C1=C(C)N(C)C(=O)NC1c1cccc(NC(=O)COC)c1. The summed E-state index contributed by atoms with van der Waals surface area (Å²) in [5.41, 5.74) is 2.07. The third kappa shape index (κ3) is 4.20. The summed E-state index contributed by atoms with van der Waals surface area (Å²) in [5.74, 6) is -0.787. The lowest BCUT2D eigenvalue weighted by Gasteiger charge is -2.33. The van der Waals surface area contributed by atoms with Gasteiger partial charge in [0.25, 0.3) is 0 Å². The molecule has 0 aliphatic carbocycles. The monoisotopic (exact) mass is 361 g/mol. The maximum absolute atomic E-state index is 12.4. The Balaban J connectivity index is 2.39. The molecule has 8 heteroatoms. The summed E-state index contributed by atoms with van der Waals surface area (Å²) in [5, 5.41) is 5.50. The van der Waals surface area contributed by atoms with E-state index in [1.54, 1.807) is 45.2 Å². The van der Waals surface area contributed by atoms with E-state index >= 15 is 0 Å². The zero-order valence-electron chi connectivity index (χ0n) is 15.3. The van der Waals surface area contributed by atoms with Crippen LogP contribution < -0.4 is 10.6 Å². The van der Waals surface area contributed by atoms with Crippen molar-refractivity contribution < 1.29 is 23.9 Å². The number of urea groups is 1. The summed E-state index contributed by atoms with van der Waals surface area (Å²) in [6, 6.07) is 5.94. The largest absolute Gasteiger partial charge is 0.463 e. The number of ether oxygens (including phenoxy) is 2. The van der Waals surface area contributed by atoms with Gasteiger partial charge < -0.3 is 25.0 Å². The average Bonchev–Trinajstić information content (AvgIpc) is 2.60. The lowest BCUT2D eigenvalue weighted by Crippen LogP contribution is -2.46. The lowest BCUT2D eigenvalue weighted by molar-refractivity contribution is -0.139. The van der Waals surface area contributed by atoms with Crippen LogP contribution in [0.15, 0.2) is 35.5 Å². The van der Waals surface area contributed by atoms with Crippen molar-refractivity contribution in [2.24, 2.45) is 0 Å². The normalized spacial score (nSPS) is 17.0. The number of nitrogens with zero attached hydrogens (tertiary/aromatic N) is 1. The second-order valence-electron chi connectivity index (χ2n) is 5.77. The van der Waals surface area contributed by atoms with E-state index in [4.69, 9.17) is 9.47 Å².